The van der Waals surface area contributed by atoms with Crippen LogP contribution >= 0.6 is 0 Å². The highest BCUT2D eigenvalue weighted by atomic mass is 16.1. The fourth-order valence-electron chi connectivity index (χ4n) is 1.08. The van der Waals surface area contributed by atoms with E-state index in [4.69, 9.17) is 0 Å². The Hall–Kier alpha value is -1.64. The summed E-state index contributed by atoms with van der Waals surface area (Å²) in [7, 11) is 0. The van der Waals surface area contributed by atoms with Crippen LogP contribution in [0.3, 0.4) is 0 Å². The molecule has 0 radical (unpaired) electrons. The van der Waals surface area contributed by atoms with Crippen molar-refractivity contribution in [1.82, 2.24) is 10.3 Å². The number of hydrogen-bond donors (Lipinski definition) is 1. The van der Waals surface area contributed by atoms with Crippen LogP contribution in [0, 0.1) is 0 Å². The Labute approximate surface area is 83.9 Å². The highest BCUT2D eigenvalue weighted by Gasteiger charge is 2.08. The largest absolute Gasteiger partial charge is 0.388 e. The molecule has 1 aliphatic rings. The minimum Gasteiger partial charge on any atom is -0.388 e. The van der Waals surface area contributed by atoms with Crippen LogP contribution in [0.5, 0.6) is 0 Å². The van der Waals surface area contributed by atoms with Crippen molar-refractivity contribution in [3.05, 3.63) is 42.9 Å². The number of carbonyl (C=O) groups is 1. The first-order chi connectivity index (χ1) is 6.79. The molecule has 14 heavy (non-hydrogen) atoms. The van der Waals surface area contributed by atoms with Crippen LogP contribution < -0.4 is 5.32 Å². The van der Waals surface area contributed by atoms with Gasteiger partial charge in [0, 0.05) is 37.5 Å². The molecule has 1 aromatic rings. The molecule has 0 bridgehead atoms. The van der Waals surface area contributed by atoms with Gasteiger partial charge < -0.3 is 5.32 Å². The number of nitrogens with one attached hydrogen (secondary N) is 1. The Kier molecular flexibility index (Phi) is 4.41. The zero-order chi connectivity index (χ0) is 10.2. The normalized spacial score (nSPS) is 15.1. The van der Waals surface area contributed by atoms with Crippen molar-refractivity contribution in [3.8, 4) is 0 Å². The molecular formula is C11H14N2O. The minimum atomic E-state index is 0.300. The van der Waals surface area contributed by atoms with E-state index in [1.165, 1.54) is 0 Å². The maximum Gasteiger partial charge on any atom is 0.140 e. The number of pyridine rings is 1. The van der Waals surface area contributed by atoms with Gasteiger partial charge in [-0.25, -0.2) is 0 Å². The Balaban J connectivity index is 0.000000146. The monoisotopic (exact) mass is 190 g/mol. The van der Waals surface area contributed by atoms with Gasteiger partial charge in [0.2, 0.25) is 0 Å². The van der Waals surface area contributed by atoms with Crippen molar-refractivity contribution >= 4 is 5.78 Å². The Bertz CT molecular complexity index is 255. The van der Waals surface area contributed by atoms with Gasteiger partial charge in [-0.1, -0.05) is 12.6 Å². The van der Waals surface area contributed by atoms with Gasteiger partial charge in [0.1, 0.15) is 5.78 Å². The van der Waals surface area contributed by atoms with Crippen LogP contribution in [0.1, 0.15) is 12.8 Å². The SMILES string of the molecule is C=C1CC(=O)CCN1.c1ccncc1. The second-order valence-electron chi connectivity index (χ2n) is 3.02. The summed E-state index contributed by atoms with van der Waals surface area (Å²) < 4.78 is 0. The summed E-state index contributed by atoms with van der Waals surface area (Å²) in [6, 6.07) is 5.72. The predicted octanol–water partition coefficient (Wildman–Crippen LogP) is 1.53. The second kappa shape index (κ2) is 5.91. The Morgan fingerprint density at radius 3 is 2.29 bits per heavy atom. The van der Waals surface area contributed by atoms with Gasteiger partial charge in [-0.15, -0.1) is 0 Å². The highest BCUT2D eigenvalue weighted by molar-refractivity contribution is 5.81. The predicted molar refractivity (Wildman–Crippen MR) is 55.6 cm³/mol. The lowest BCUT2D eigenvalue weighted by molar-refractivity contribution is -0.119. The van der Waals surface area contributed by atoms with E-state index in [0.717, 1.165) is 12.2 Å². The second-order valence-corrected chi connectivity index (χ2v) is 3.02. The molecule has 0 amide bonds. The average molecular weight is 190 g/mol. The summed E-state index contributed by atoms with van der Waals surface area (Å²) >= 11 is 0. The Morgan fingerprint density at radius 1 is 1.29 bits per heavy atom. The van der Waals surface area contributed by atoms with Crippen molar-refractivity contribution in [2.45, 2.75) is 12.8 Å². The number of rotatable bonds is 0. The summed E-state index contributed by atoms with van der Waals surface area (Å²) in [4.78, 5) is 14.4. The minimum absolute atomic E-state index is 0.300. The zero-order valence-electron chi connectivity index (χ0n) is 8.07. The molecule has 0 saturated carbocycles. The molecule has 2 heterocycles. The number of hydrogen-bond acceptors (Lipinski definition) is 3. The van der Waals surface area contributed by atoms with Crippen LogP contribution in [0.15, 0.2) is 42.9 Å². The first-order valence-electron chi connectivity index (χ1n) is 4.57. The van der Waals surface area contributed by atoms with Crippen LogP contribution in [0.2, 0.25) is 0 Å². The zero-order valence-corrected chi connectivity index (χ0v) is 8.07. The van der Waals surface area contributed by atoms with Crippen LogP contribution in [-0.2, 0) is 4.79 Å². The van der Waals surface area contributed by atoms with E-state index in [-0.39, 0.29) is 0 Å². The fourth-order valence-corrected chi connectivity index (χ4v) is 1.08. The molecule has 0 spiro atoms. The highest BCUT2D eigenvalue weighted by Crippen LogP contribution is 2.02. The standard InChI is InChI=1S/C6H9NO.C5H5N/c1-5-4-6(8)2-3-7-5;1-2-4-6-5-3-1/h7H,1-4H2;1-5H. The Morgan fingerprint density at radius 2 is 2.00 bits per heavy atom. The molecule has 3 heteroatoms. The molecule has 1 saturated heterocycles. The topological polar surface area (TPSA) is 42.0 Å². The van der Waals surface area contributed by atoms with E-state index in [0.29, 0.717) is 18.6 Å². The smallest absolute Gasteiger partial charge is 0.140 e. The van der Waals surface area contributed by atoms with Crippen molar-refractivity contribution in [2.24, 2.45) is 0 Å². The number of carbonyl (C=O) groups excluding carboxylic acids is 1. The summed E-state index contributed by atoms with van der Waals surface area (Å²) in [6.07, 6.45) is 4.69. The van der Waals surface area contributed by atoms with Gasteiger partial charge in [-0.3, -0.25) is 9.78 Å². The van der Waals surface area contributed by atoms with Gasteiger partial charge in [-0.2, -0.15) is 0 Å². The molecule has 1 fully saturated rings. The van der Waals surface area contributed by atoms with Gasteiger partial charge >= 0.3 is 0 Å². The number of aromatic nitrogens is 1. The van der Waals surface area contributed by atoms with E-state index >= 15 is 0 Å². The molecule has 1 N–H and O–H groups in total. The molecule has 0 aliphatic carbocycles. The lowest BCUT2D eigenvalue weighted by Gasteiger charge is -2.13. The number of ketones is 1. The summed E-state index contributed by atoms with van der Waals surface area (Å²) in [6.45, 7) is 4.41. The fraction of sp³-hybridized carbons (Fsp3) is 0.273. The van der Waals surface area contributed by atoms with Crippen molar-refractivity contribution in [2.75, 3.05) is 6.54 Å². The molecule has 0 atom stereocenters. The van der Waals surface area contributed by atoms with Gasteiger partial charge in [-0.05, 0) is 12.1 Å². The van der Waals surface area contributed by atoms with Crippen LogP contribution in [-0.4, -0.2) is 17.3 Å². The first-order valence-corrected chi connectivity index (χ1v) is 4.57. The first kappa shape index (κ1) is 10.4. The van der Waals surface area contributed by atoms with E-state index in [9.17, 15) is 4.79 Å². The van der Waals surface area contributed by atoms with Gasteiger partial charge in [0.25, 0.3) is 0 Å². The lowest BCUT2D eigenvalue weighted by atomic mass is 10.1. The number of Topliss-reactive ketones (excluding diaryl/α,β-unsaturated/α-hetero) is 1. The van der Waals surface area contributed by atoms with Crippen LogP contribution in [0.4, 0.5) is 0 Å². The third kappa shape index (κ3) is 4.40. The van der Waals surface area contributed by atoms with Gasteiger partial charge in [0.15, 0.2) is 0 Å². The maximum absolute atomic E-state index is 10.6. The number of allylic oxidation sites excluding steroid dienone is 1. The lowest BCUT2D eigenvalue weighted by Crippen LogP contribution is -2.24. The van der Waals surface area contributed by atoms with Crippen LogP contribution in [0.25, 0.3) is 0 Å². The van der Waals surface area contributed by atoms with E-state index in [2.05, 4.69) is 16.9 Å². The molecule has 74 valence electrons. The van der Waals surface area contributed by atoms with Gasteiger partial charge in [0.05, 0.1) is 0 Å². The quantitative estimate of drug-likeness (QED) is 0.674. The van der Waals surface area contributed by atoms with E-state index < -0.39 is 0 Å². The third-order valence-electron chi connectivity index (χ3n) is 1.76. The molecule has 0 aromatic carbocycles. The van der Waals surface area contributed by atoms with Crippen molar-refractivity contribution < 1.29 is 4.79 Å². The summed E-state index contributed by atoms with van der Waals surface area (Å²) in [5.74, 6) is 0.300. The third-order valence-corrected chi connectivity index (χ3v) is 1.76. The average Bonchev–Trinajstić information content (AvgIpc) is 2.21. The number of piperidine rings is 1. The number of nitrogens with zero attached hydrogens (tertiary/aromatic N) is 1. The molecule has 1 aromatic heterocycles. The molecular weight excluding hydrogens is 176 g/mol. The maximum atomic E-state index is 10.6. The molecule has 0 unspecified atom stereocenters. The molecule has 3 nitrogen and oxygen atoms in total. The van der Waals surface area contributed by atoms with E-state index in [1.807, 2.05) is 18.2 Å². The van der Waals surface area contributed by atoms with Crippen molar-refractivity contribution in [3.63, 3.8) is 0 Å². The molecule has 1 aliphatic heterocycles. The van der Waals surface area contributed by atoms with Crippen molar-refractivity contribution in [1.29, 1.82) is 0 Å². The summed E-state index contributed by atoms with van der Waals surface area (Å²) in [5, 5.41) is 3.00. The van der Waals surface area contributed by atoms with E-state index in [1.54, 1.807) is 12.4 Å². The summed E-state index contributed by atoms with van der Waals surface area (Å²) in [5.41, 5.74) is 0.862. The molecule has 2 rings (SSSR count).